The van der Waals surface area contributed by atoms with Crippen molar-refractivity contribution in [3.63, 3.8) is 0 Å². The Balaban J connectivity index is 0.00000243. The summed E-state index contributed by atoms with van der Waals surface area (Å²) in [5.41, 5.74) is 1.68. The molecule has 0 spiro atoms. The molecule has 0 aliphatic carbocycles. The number of carbonyl (C=O) groups is 1. The van der Waals surface area contributed by atoms with Crippen LogP contribution in [0.4, 0.5) is 13.2 Å². The first-order valence-electron chi connectivity index (χ1n) is 7.67. The Morgan fingerprint density at radius 2 is 1.65 bits per heavy atom. The third-order valence-electron chi connectivity index (χ3n) is 3.91. The van der Waals surface area contributed by atoms with Crippen LogP contribution in [-0.4, -0.2) is 10.4 Å². The lowest BCUT2D eigenvalue weighted by molar-refractivity contribution is -0.687. The average molecular weight is 425 g/mol. The highest BCUT2D eigenvalue weighted by atomic mass is 79.9. The zero-order chi connectivity index (χ0) is 18.0. The van der Waals surface area contributed by atoms with Crippen LogP contribution in [0.3, 0.4) is 0 Å². The van der Waals surface area contributed by atoms with E-state index in [2.05, 4.69) is 0 Å². The third kappa shape index (κ3) is 4.60. The molecule has 1 aromatic heterocycles. The van der Waals surface area contributed by atoms with E-state index in [0.717, 1.165) is 23.4 Å². The minimum Gasteiger partial charge on any atom is -1.00 e. The van der Waals surface area contributed by atoms with Gasteiger partial charge in [0.2, 0.25) is 6.33 Å². The molecule has 26 heavy (non-hydrogen) atoms. The number of aromatic nitrogens is 2. The van der Waals surface area contributed by atoms with Gasteiger partial charge < -0.3 is 17.0 Å². The zero-order valence-corrected chi connectivity index (χ0v) is 15.5. The van der Waals surface area contributed by atoms with Gasteiger partial charge in [0.05, 0.1) is 5.56 Å². The number of benzene rings is 2. The number of hydrogen-bond acceptors (Lipinski definition) is 1. The molecule has 0 fully saturated rings. The van der Waals surface area contributed by atoms with E-state index in [-0.39, 0.29) is 22.8 Å². The minimum atomic E-state index is -4.32. The van der Waals surface area contributed by atoms with Crippen molar-refractivity contribution < 1.29 is 39.5 Å². The molecule has 3 rings (SSSR count). The number of Topliss-reactive ketones (excluding diaryl/α,β-unsaturated/α-hetero) is 1. The molecule has 2 aromatic carbocycles. The van der Waals surface area contributed by atoms with Crippen molar-refractivity contribution in [2.75, 3.05) is 0 Å². The fourth-order valence-electron chi connectivity index (χ4n) is 2.52. The summed E-state index contributed by atoms with van der Waals surface area (Å²) in [4.78, 5) is 11.3. The van der Waals surface area contributed by atoms with E-state index in [1.807, 2.05) is 40.0 Å². The van der Waals surface area contributed by atoms with Crippen molar-refractivity contribution in [2.45, 2.75) is 19.6 Å². The summed E-state index contributed by atoms with van der Waals surface area (Å²) in [6.07, 6.45) is 1.23. The quantitative estimate of drug-likeness (QED) is 0.453. The van der Waals surface area contributed by atoms with E-state index < -0.39 is 11.7 Å². The molecule has 3 aromatic rings. The van der Waals surface area contributed by atoms with Gasteiger partial charge in [-0.1, -0.05) is 12.1 Å². The molecule has 136 valence electrons. The van der Waals surface area contributed by atoms with Gasteiger partial charge in [-0.2, -0.15) is 13.2 Å². The Morgan fingerprint density at radius 3 is 2.19 bits per heavy atom. The van der Waals surface area contributed by atoms with Gasteiger partial charge in [0.1, 0.15) is 24.6 Å². The van der Waals surface area contributed by atoms with Gasteiger partial charge in [-0.3, -0.25) is 4.79 Å². The second kappa shape index (κ2) is 7.86. The summed E-state index contributed by atoms with van der Waals surface area (Å²) in [5.74, 6) is 0.0106. The number of alkyl halides is 3. The monoisotopic (exact) mass is 424 g/mol. The Morgan fingerprint density at radius 1 is 1.04 bits per heavy atom. The fraction of sp³-hybridized carbons (Fsp3) is 0.158. The highest BCUT2D eigenvalue weighted by molar-refractivity contribution is 5.94. The summed E-state index contributed by atoms with van der Waals surface area (Å²) in [7, 11) is 0. The van der Waals surface area contributed by atoms with Gasteiger partial charge in [0.25, 0.3) is 0 Å². The largest absolute Gasteiger partial charge is 1.00 e. The molecule has 0 aliphatic rings. The molecular formula is C19H16BrF3N2O. The molecule has 7 heteroatoms. The van der Waals surface area contributed by atoms with Gasteiger partial charge in [0.15, 0.2) is 5.78 Å². The molecule has 0 aliphatic heterocycles. The van der Waals surface area contributed by atoms with Crippen LogP contribution < -0.4 is 21.5 Å². The van der Waals surface area contributed by atoms with Crippen molar-refractivity contribution in [3.05, 3.63) is 83.9 Å². The first-order chi connectivity index (χ1) is 11.8. The number of hydrogen-bond donors (Lipinski definition) is 0. The smallest absolute Gasteiger partial charge is 0.416 e. The standard InChI is InChI=1S/C19H16F3N2O.BrH/c1-14(25)16-4-8-18(9-5-16)24-11-10-23(13-24)12-15-2-6-17(7-3-15)19(20,21)22;/h2-11,13H,12H2,1H3;1H/q+1;/p-1. The molecule has 0 saturated heterocycles. The minimum absolute atomic E-state index is 0. The fourth-order valence-corrected chi connectivity index (χ4v) is 2.52. The summed E-state index contributed by atoms with van der Waals surface area (Å²) >= 11 is 0. The lowest BCUT2D eigenvalue weighted by atomic mass is 10.1. The van der Waals surface area contributed by atoms with Crippen LogP contribution in [0.2, 0.25) is 0 Å². The van der Waals surface area contributed by atoms with Crippen molar-refractivity contribution in [2.24, 2.45) is 0 Å². The van der Waals surface area contributed by atoms with Crippen LogP contribution >= 0.6 is 0 Å². The molecule has 3 nitrogen and oxygen atoms in total. The number of ketones is 1. The predicted molar refractivity (Wildman–Crippen MR) is 86.5 cm³/mol. The van der Waals surface area contributed by atoms with E-state index in [9.17, 15) is 18.0 Å². The lowest BCUT2D eigenvalue weighted by Crippen LogP contribution is -3.00. The maximum Gasteiger partial charge on any atom is 0.416 e. The van der Waals surface area contributed by atoms with Gasteiger partial charge in [-0.25, -0.2) is 9.13 Å². The van der Waals surface area contributed by atoms with Crippen molar-refractivity contribution in [3.8, 4) is 5.69 Å². The third-order valence-corrected chi connectivity index (χ3v) is 3.91. The van der Waals surface area contributed by atoms with E-state index >= 15 is 0 Å². The molecule has 0 N–H and O–H groups in total. The van der Waals surface area contributed by atoms with Gasteiger partial charge >= 0.3 is 6.18 Å². The van der Waals surface area contributed by atoms with Crippen LogP contribution in [0.1, 0.15) is 28.4 Å². The second-order valence-electron chi connectivity index (χ2n) is 5.79. The van der Waals surface area contributed by atoms with Crippen molar-refractivity contribution >= 4 is 5.78 Å². The van der Waals surface area contributed by atoms with E-state index in [0.29, 0.717) is 12.1 Å². The van der Waals surface area contributed by atoms with Crippen LogP contribution in [0.25, 0.3) is 5.69 Å². The molecular weight excluding hydrogens is 409 g/mol. The SMILES string of the molecule is CC(=O)c1ccc(-n2cc[n+](Cc3ccc(C(F)(F)F)cc3)c2)cc1.[Br-]. The summed E-state index contributed by atoms with van der Waals surface area (Å²) in [5, 5.41) is 0. The number of imidazole rings is 1. The molecule has 0 saturated carbocycles. The Labute approximate surface area is 159 Å². The van der Waals surface area contributed by atoms with Gasteiger partial charge in [-0.15, -0.1) is 0 Å². The topological polar surface area (TPSA) is 25.9 Å². The van der Waals surface area contributed by atoms with E-state index in [1.54, 1.807) is 12.1 Å². The van der Waals surface area contributed by atoms with Crippen molar-refractivity contribution in [1.82, 2.24) is 4.57 Å². The van der Waals surface area contributed by atoms with Crippen LogP contribution in [0.5, 0.6) is 0 Å². The Hall–Kier alpha value is -2.41. The Kier molecular flexibility index (Phi) is 6.02. The maximum atomic E-state index is 12.6. The van der Waals surface area contributed by atoms with E-state index in [4.69, 9.17) is 0 Å². The summed E-state index contributed by atoms with van der Waals surface area (Å²) in [6, 6.07) is 12.4. The summed E-state index contributed by atoms with van der Waals surface area (Å²) < 4.78 is 41.5. The zero-order valence-electron chi connectivity index (χ0n) is 13.9. The second-order valence-corrected chi connectivity index (χ2v) is 5.79. The molecule has 0 radical (unpaired) electrons. The predicted octanol–water partition coefficient (Wildman–Crippen LogP) is 1.04. The molecule has 0 unspecified atom stereocenters. The number of rotatable bonds is 4. The molecule has 1 heterocycles. The van der Waals surface area contributed by atoms with Crippen molar-refractivity contribution in [1.29, 1.82) is 0 Å². The highest BCUT2D eigenvalue weighted by Gasteiger charge is 2.29. The summed E-state index contributed by atoms with van der Waals surface area (Å²) in [6.45, 7) is 1.99. The molecule has 0 amide bonds. The first kappa shape index (κ1) is 19.9. The maximum absolute atomic E-state index is 12.6. The number of nitrogens with zero attached hydrogens (tertiary/aromatic N) is 2. The van der Waals surface area contributed by atoms with Crippen LogP contribution in [0.15, 0.2) is 67.3 Å². The Bertz CT molecular complexity index is 884. The highest BCUT2D eigenvalue weighted by Crippen LogP contribution is 2.29. The molecule has 0 atom stereocenters. The average Bonchev–Trinajstić information content (AvgIpc) is 3.03. The van der Waals surface area contributed by atoms with Crippen LogP contribution in [-0.2, 0) is 12.7 Å². The normalized spacial score (nSPS) is 11.1. The van der Waals surface area contributed by atoms with E-state index in [1.165, 1.54) is 19.1 Å². The lowest BCUT2D eigenvalue weighted by Gasteiger charge is -2.06. The van der Waals surface area contributed by atoms with Gasteiger partial charge in [-0.05, 0) is 48.9 Å². The van der Waals surface area contributed by atoms with Crippen LogP contribution in [0, 0.1) is 0 Å². The first-order valence-corrected chi connectivity index (χ1v) is 7.67. The van der Waals surface area contributed by atoms with Gasteiger partial charge in [0, 0.05) is 5.56 Å². The molecule has 0 bridgehead atoms. The number of halogens is 4. The number of carbonyl (C=O) groups excluding carboxylic acids is 1.